The number of nitrogens with zero attached hydrogens (tertiary/aromatic N) is 14. The number of carbonyl (C=O) groups is 2. The summed E-state index contributed by atoms with van der Waals surface area (Å²) in [4.78, 5) is 55.0. The highest BCUT2D eigenvalue weighted by atomic mass is 35.5. The topological polar surface area (TPSA) is 229 Å². The Balaban J connectivity index is 0.708. The predicted molar refractivity (Wildman–Crippen MR) is 338 cm³/mol. The van der Waals surface area contributed by atoms with Gasteiger partial charge >= 0.3 is 11.9 Å². The van der Waals surface area contributed by atoms with Crippen LogP contribution in [-0.4, -0.2) is 107 Å². The standard InChI is InChI=1S/C68H52Cl2F6N14O7/c1-67(2)33-93-31-55(67)89-53-19-37(17-49(75)63(53)83-59(89)21-35-15-47(73)41(23-45(35)71)51-7-5-9-61(81-51)95-29-39-27-77-57(25-43(39)69)87-13-11-79-85-87)65(91)97-66(92)38-18-50(76)64-54(20-38)90(56-32-94-34-68(56,3)4)60(84-64)22-36-16-48(74)42(24-46(36)72)52-8-6-10-62(82-52)96-30-40-28-78-58(26-44(40)70)88-14-12-80-86-88/h5-20,23-28,55-56H,21-22,29-34H2,1-4H3. The number of halogens is 8. The molecule has 14 rings (SSSR count). The molecular weight excluding hydrogens is 1310 g/mol. The molecule has 0 saturated carbocycles. The summed E-state index contributed by atoms with van der Waals surface area (Å²) in [6, 6.07) is 19.3. The lowest BCUT2D eigenvalue weighted by molar-refractivity contribution is 0.0397. The number of ether oxygens (including phenoxy) is 5. The fourth-order valence-electron chi connectivity index (χ4n) is 11.9. The highest BCUT2D eigenvalue weighted by molar-refractivity contribution is 6.31. The van der Waals surface area contributed by atoms with E-state index in [4.69, 9.17) is 46.9 Å². The fourth-order valence-corrected chi connectivity index (χ4v) is 12.3. The van der Waals surface area contributed by atoms with Gasteiger partial charge in [0.25, 0.3) is 0 Å². The lowest BCUT2D eigenvalue weighted by atomic mass is 9.87. The van der Waals surface area contributed by atoms with Crippen molar-refractivity contribution in [1.29, 1.82) is 0 Å². The van der Waals surface area contributed by atoms with Gasteiger partial charge in [0.05, 0.1) is 107 Å². The lowest BCUT2D eigenvalue weighted by Gasteiger charge is -2.28. The van der Waals surface area contributed by atoms with E-state index in [1.807, 2.05) is 27.7 Å². The Labute approximate surface area is 556 Å². The van der Waals surface area contributed by atoms with E-state index in [-0.39, 0.29) is 132 Å². The smallest absolute Gasteiger partial charge is 0.346 e. The number of esters is 2. The van der Waals surface area contributed by atoms with E-state index < -0.39 is 80.9 Å². The molecule has 0 N–H and O–H groups in total. The maximum absolute atomic E-state index is 16.6. The first kappa shape index (κ1) is 63.9. The van der Waals surface area contributed by atoms with E-state index >= 15 is 26.3 Å². The van der Waals surface area contributed by atoms with Gasteiger partial charge in [0, 0.05) is 82.6 Å². The number of carbonyl (C=O) groups excluding carboxylic acids is 2. The molecule has 0 bridgehead atoms. The Morgan fingerprint density at radius 1 is 0.536 bits per heavy atom. The molecule has 21 nitrogen and oxygen atoms in total. The molecule has 492 valence electrons. The number of fused-ring (bicyclic) bond motifs is 2. The number of aromatic nitrogens is 14. The van der Waals surface area contributed by atoms with Crippen LogP contribution in [0.4, 0.5) is 26.3 Å². The van der Waals surface area contributed by atoms with Crippen LogP contribution in [0.5, 0.6) is 11.8 Å². The van der Waals surface area contributed by atoms with Crippen LogP contribution in [0.3, 0.4) is 0 Å². The Morgan fingerprint density at radius 2 is 0.969 bits per heavy atom. The molecule has 0 spiro atoms. The van der Waals surface area contributed by atoms with Crippen LogP contribution in [0.25, 0.3) is 56.2 Å². The molecule has 29 heteroatoms. The second-order valence-corrected chi connectivity index (χ2v) is 25.4. The molecule has 2 fully saturated rings. The number of pyridine rings is 4. The first-order chi connectivity index (χ1) is 46.6. The van der Waals surface area contributed by atoms with Gasteiger partial charge in [0.15, 0.2) is 23.3 Å². The first-order valence-corrected chi connectivity index (χ1v) is 30.9. The van der Waals surface area contributed by atoms with Gasteiger partial charge in [0.2, 0.25) is 11.8 Å². The summed E-state index contributed by atoms with van der Waals surface area (Å²) in [5, 5.41) is 16.0. The average molecular weight is 1360 g/mol. The third-order valence-corrected chi connectivity index (χ3v) is 17.8. The zero-order chi connectivity index (χ0) is 67.6. The average Bonchev–Trinajstić information content (AvgIpc) is 1.61. The van der Waals surface area contributed by atoms with E-state index in [2.05, 4.69) is 50.5 Å². The van der Waals surface area contributed by atoms with Gasteiger partial charge in [-0.05, 0) is 71.8 Å². The number of imidazole rings is 2. The summed E-state index contributed by atoms with van der Waals surface area (Å²) in [6.45, 7) is 8.17. The minimum Gasteiger partial charge on any atom is -0.473 e. The predicted octanol–water partition coefficient (Wildman–Crippen LogP) is 13.1. The second-order valence-electron chi connectivity index (χ2n) is 24.6. The van der Waals surface area contributed by atoms with Crippen LogP contribution in [-0.2, 0) is 40.3 Å². The van der Waals surface area contributed by atoms with Crippen molar-refractivity contribution in [3.63, 3.8) is 0 Å². The number of hydrogen-bond donors (Lipinski definition) is 0. The summed E-state index contributed by atoms with van der Waals surface area (Å²) in [7, 11) is 0. The Kier molecular flexibility index (Phi) is 16.9. The van der Waals surface area contributed by atoms with Gasteiger partial charge < -0.3 is 32.8 Å². The monoisotopic (exact) mass is 1360 g/mol. The van der Waals surface area contributed by atoms with Crippen LogP contribution in [0.2, 0.25) is 10.0 Å². The molecule has 8 aromatic heterocycles. The summed E-state index contributed by atoms with van der Waals surface area (Å²) in [5.74, 6) is -6.79. The third-order valence-electron chi connectivity index (χ3n) is 17.1. The van der Waals surface area contributed by atoms with E-state index in [0.29, 0.717) is 32.8 Å². The summed E-state index contributed by atoms with van der Waals surface area (Å²) in [5.41, 5.74) is -2.02. The normalized spacial score (nSPS) is 15.8. The molecular formula is C68H52Cl2F6N14O7. The highest BCUT2D eigenvalue weighted by Crippen LogP contribution is 2.44. The zero-order valence-corrected chi connectivity index (χ0v) is 53.2. The van der Waals surface area contributed by atoms with Crippen molar-refractivity contribution in [3.8, 4) is 45.9 Å². The quantitative estimate of drug-likeness (QED) is 0.0442. The zero-order valence-electron chi connectivity index (χ0n) is 51.7. The van der Waals surface area contributed by atoms with Gasteiger partial charge in [-0.25, -0.2) is 75.2 Å². The molecule has 97 heavy (non-hydrogen) atoms. The summed E-state index contributed by atoms with van der Waals surface area (Å²) < 4.78 is 134. The second kappa shape index (κ2) is 25.6. The van der Waals surface area contributed by atoms with Crippen LogP contribution >= 0.6 is 23.2 Å². The molecule has 2 unspecified atom stereocenters. The molecule has 4 aromatic carbocycles. The van der Waals surface area contributed by atoms with Gasteiger partial charge in [-0.1, -0.05) is 73.5 Å². The Hall–Kier alpha value is -10.5. The largest absolute Gasteiger partial charge is 0.473 e. The molecule has 0 radical (unpaired) electrons. The van der Waals surface area contributed by atoms with Gasteiger partial charge in [0.1, 0.15) is 59.2 Å². The van der Waals surface area contributed by atoms with E-state index in [0.717, 1.165) is 36.4 Å². The number of rotatable bonds is 18. The number of benzene rings is 4. The van der Waals surface area contributed by atoms with Gasteiger partial charge in [-0.3, -0.25) is 0 Å². The van der Waals surface area contributed by atoms with Crippen molar-refractivity contribution in [2.24, 2.45) is 10.8 Å². The van der Waals surface area contributed by atoms with Crippen molar-refractivity contribution in [1.82, 2.24) is 69.0 Å². The van der Waals surface area contributed by atoms with Gasteiger partial charge in [-0.15, -0.1) is 10.2 Å². The molecule has 12 aromatic rings. The molecule has 0 amide bonds. The summed E-state index contributed by atoms with van der Waals surface area (Å²) >= 11 is 13.0. The minimum atomic E-state index is -1.32. The van der Waals surface area contributed by atoms with E-state index in [1.165, 1.54) is 58.4 Å². The molecule has 2 atom stereocenters. The van der Waals surface area contributed by atoms with Crippen LogP contribution in [0.1, 0.15) is 94.4 Å². The van der Waals surface area contributed by atoms with Crippen molar-refractivity contribution in [2.75, 3.05) is 26.4 Å². The maximum atomic E-state index is 16.6. The van der Waals surface area contributed by atoms with Gasteiger partial charge in [-0.2, -0.15) is 0 Å². The van der Waals surface area contributed by atoms with Crippen molar-refractivity contribution in [2.45, 2.75) is 65.8 Å². The van der Waals surface area contributed by atoms with E-state index in [1.54, 1.807) is 57.9 Å². The van der Waals surface area contributed by atoms with Crippen molar-refractivity contribution >= 4 is 57.2 Å². The Morgan fingerprint density at radius 3 is 1.35 bits per heavy atom. The molecule has 0 aliphatic carbocycles. The van der Waals surface area contributed by atoms with Crippen molar-refractivity contribution in [3.05, 3.63) is 224 Å². The van der Waals surface area contributed by atoms with E-state index in [9.17, 15) is 9.59 Å². The molecule has 2 aliphatic rings. The first-order valence-electron chi connectivity index (χ1n) is 30.1. The minimum absolute atomic E-state index is 0.0514. The molecule has 2 saturated heterocycles. The van der Waals surface area contributed by atoms with Crippen molar-refractivity contribution < 1.29 is 59.6 Å². The lowest BCUT2D eigenvalue weighted by Crippen LogP contribution is -2.27. The highest BCUT2D eigenvalue weighted by Gasteiger charge is 2.41. The third kappa shape index (κ3) is 12.6. The van der Waals surface area contributed by atoms with Crippen LogP contribution in [0, 0.1) is 45.7 Å². The Bertz CT molecular complexity index is 4780. The SMILES string of the molecule is CC1(C)COCC1n1c(Cc2cc(F)c(-c3cccc(OCc4cnc(-n5ccnn5)cc4Cl)n3)cc2F)nc2c(F)cc(C(=O)OC(=O)c3cc(F)c4nc(Cc5cc(F)c(-c6cccc(OCc7cnc(-n8ccnn8)cc7Cl)n6)cc5F)n(C5COCC5(C)C)c4c3)cc21. The van der Waals surface area contributed by atoms with Crippen LogP contribution < -0.4 is 9.47 Å². The fraction of sp³-hybridized carbons (Fsp3) is 0.235. The molecule has 2 aliphatic heterocycles. The molecule has 10 heterocycles. The maximum Gasteiger partial charge on any atom is 0.346 e. The summed E-state index contributed by atoms with van der Waals surface area (Å²) in [6.07, 6.45) is 8.50. The number of hydrogen-bond acceptors (Lipinski definition) is 17. The van der Waals surface area contributed by atoms with Crippen LogP contribution in [0.15, 0.2) is 134 Å².